The van der Waals surface area contributed by atoms with Crippen LogP contribution < -0.4 is 9.64 Å². The van der Waals surface area contributed by atoms with Gasteiger partial charge in [-0.05, 0) is 78.8 Å². The molecule has 10 heteroatoms. The molecule has 1 saturated carbocycles. The molecule has 43 heavy (non-hydrogen) atoms. The van der Waals surface area contributed by atoms with Crippen LogP contribution in [0.5, 0.6) is 11.8 Å². The molecule has 2 saturated heterocycles. The summed E-state index contributed by atoms with van der Waals surface area (Å²) in [4.78, 5) is 30.8. The number of phenols is 1. The zero-order valence-electron chi connectivity index (χ0n) is 24.9. The molecule has 0 radical (unpaired) electrons. The van der Waals surface area contributed by atoms with Gasteiger partial charge >= 0.3 is 6.01 Å². The molecule has 3 aromatic rings. The van der Waals surface area contributed by atoms with Gasteiger partial charge in [-0.1, -0.05) is 25.0 Å². The smallest absolute Gasteiger partial charge is 0.318 e. The summed E-state index contributed by atoms with van der Waals surface area (Å²) in [5, 5.41) is 12.2. The van der Waals surface area contributed by atoms with Crippen molar-refractivity contribution in [3.05, 3.63) is 50.7 Å². The number of nitrogens with zero attached hydrogens (tertiary/aromatic N) is 5. The molecule has 1 amide bonds. The van der Waals surface area contributed by atoms with E-state index in [0.29, 0.717) is 37.3 Å². The first-order valence-electron chi connectivity index (χ1n) is 15.7. The van der Waals surface area contributed by atoms with Crippen molar-refractivity contribution in [3.8, 4) is 11.8 Å². The largest absolute Gasteiger partial charge is 0.508 e. The molecule has 1 aliphatic carbocycles. The lowest BCUT2D eigenvalue weighted by atomic mass is 10.0. The Kier molecular flexibility index (Phi) is 8.11. The van der Waals surface area contributed by atoms with E-state index in [9.17, 15) is 9.90 Å². The lowest BCUT2D eigenvalue weighted by Crippen LogP contribution is -2.41. The van der Waals surface area contributed by atoms with E-state index in [0.717, 1.165) is 96.5 Å². The van der Waals surface area contributed by atoms with Crippen molar-refractivity contribution in [2.75, 3.05) is 50.9 Å². The first-order chi connectivity index (χ1) is 20.9. The summed E-state index contributed by atoms with van der Waals surface area (Å²) < 4.78 is 12.9. The molecular formula is C33H40IN5O4. The minimum Gasteiger partial charge on any atom is -0.508 e. The number of amides is 1. The number of benzene rings is 2. The van der Waals surface area contributed by atoms with E-state index in [4.69, 9.17) is 19.4 Å². The maximum absolute atomic E-state index is 14.1. The molecule has 228 valence electrons. The Morgan fingerprint density at radius 1 is 1.12 bits per heavy atom. The third-order valence-electron chi connectivity index (χ3n) is 9.62. The van der Waals surface area contributed by atoms with Crippen molar-refractivity contribution in [3.63, 3.8) is 0 Å². The molecule has 0 bridgehead atoms. The van der Waals surface area contributed by atoms with Crippen molar-refractivity contribution in [1.82, 2.24) is 19.8 Å². The van der Waals surface area contributed by atoms with Crippen LogP contribution in [0, 0.1) is 8.99 Å². The Bertz CT molecular complexity index is 1520. The van der Waals surface area contributed by atoms with Gasteiger partial charge in [0.25, 0.3) is 5.91 Å². The lowest BCUT2D eigenvalue weighted by molar-refractivity contribution is 0.0231. The van der Waals surface area contributed by atoms with Gasteiger partial charge in [-0.15, -0.1) is 0 Å². The Balaban J connectivity index is 1.18. The fourth-order valence-corrected chi connectivity index (χ4v) is 7.74. The molecule has 7 rings (SSSR count). The van der Waals surface area contributed by atoms with E-state index < -0.39 is 0 Å². The molecule has 1 aromatic heterocycles. The SMILES string of the molecule is C[C@@H]1CCCCCN1c1nc(OCC2(CN3CCOCC3)CC2)nc2c1CN(C(=O)c1cc(O)cc3cccc(I)c13)C2. The van der Waals surface area contributed by atoms with Crippen LogP contribution in [0.4, 0.5) is 5.82 Å². The zero-order chi connectivity index (χ0) is 29.6. The number of halogens is 1. The quantitative estimate of drug-likeness (QED) is 0.331. The third-order valence-corrected chi connectivity index (χ3v) is 10.5. The molecule has 0 spiro atoms. The van der Waals surface area contributed by atoms with E-state index in [-0.39, 0.29) is 17.1 Å². The molecular weight excluding hydrogens is 657 g/mol. The number of hydrogen-bond acceptors (Lipinski definition) is 8. The van der Waals surface area contributed by atoms with Gasteiger partial charge < -0.3 is 24.4 Å². The van der Waals surface area contributed by atoms with Gasteiger partial charge in [0.15, 0.2) is 0 Å². The summed E-state index contributed by atoms with van der Waals surface area (Å²) in [7, 11) is 0. The maximum Gasteiger partial charge on any atom is 0.318 e. The number of carbonyl (C=O) groups excluding carboxylic acids is 1. The molecule has 1 atom stereocenters. The van der Waals surface area contributed by atoms with Gasteiger partial charge in [-0.25, -0.2) is 0 Å². The number of phenolic OH excluding ortho intramolecular Hbond substituents is 1. The fraction of sp³-hybridized carbons (Fsp3) is 0.545. The normalized spacial score (nSPS) is 22.0. The predicted molar refractivity (Wildman–Crippen MR) is 174 cm³/mol. The first-order valence-corrected chi connectivity index (χ1v) is 16.8. The molecule has 0 unspecified atom stereocenters. The van der Waals surface area contributed by atoms with Crippen LogP contribution in [0.3, 0.4) is 0 Å². The van der Waals surface area contributed by atoms with Crippen LogP contribution in [0.1, 0.15) is 67.1 Å². The third kappa shape index (κ3) is 6.02. The summed E-state index contributed by atoms with van der Waals surface area (Å²) in [5.41, 5.74) is 2.55. The minimum atomic E-state index is -0.109. The number of aromatic nitrogens is 2. The number of morpholine rings is 1. The van der Waals surface area contributed by atoms with Gasteiger partial charge in [0.05, 0.1) is 44.2 Å². The highest BCUT2D eigenvalue weighted by Crippen LogP contribution is 2.47. The van der Waals surface area contributed by atoms with E-state index in [1.54, 1.807) is 12.1 Å². The molecule has 4 aliphatic rings. The van der Waals surface area contributed by atoms with Gasteiger partial charge in [-0.3, -0.25) is 9.69 Å². The fourth-order valence-electron chi connectivity index (χ4n) is 6.93. The monoisotopic (exact) mass is 697 g/mol. The van der Waals surface area contributed by atoms with Crippen molar-refractivity contribution >= 4 is 45.1 Å². The van der Waals surface area contributed by atoms with Gasteiger partial charge in [-0.2, -0.15) is 9.97 Å². The Morgan fingerprint density at radius 3 is 2.77 bits per heavy atom. The van der Waals surface area contributed by atoms with Crippen LogP contribution in [-0.2, 0) is 17.8 Å². The molecule has 9 nitrogen and oxygen atoms in total. The number of ether oxygens (including phenoxy) is 2. The Morgan fingerprint density at radius 2 is 1.95 bits per heavy atom. The minimum absolute atomic E-state index is 0.0928. The second-order valence-electron chi connectivity index (χ2n) is 12.8. The molecule has 3 fully saturated rings. The summed E-state index contributed by atoms with van der Waals surface area (Å²) in [6, 6.07) is 9.96. The first kappa shape index (κ1) is 29.0. The highest BCUT2D eigenvalue weighted by molar-refractivity contribution is 14.1. The van der Waals surface area contributed by atoms with E-state index in [1.807, 2.05) is 23.1 Å². The number of carbonyl (C=O) groups is 1. The number of aromatic hydroxyl groups is 1. The maximum atomic E-state index is 14.1. The van der Waals surface area contributed by atoms with Crippen LogP contribution in [0.15, 0.2) is 30.3 Å². The van der Waals surface area contributed by atoms with Crippen LogP contribution in [0.2, 0.25) is 0 Å². The predicted octanol–water partition coefficient (Wildman–Crippen LogP) is 5.36. The number of rotatable bonds is 7. The number of hydrogen-bond donors (Lipinski definition) is 1. The number of anilines is 1. The van der Waals surface area contributed by atoms with Crippen LogP contribution in [0.25, 0.3) is 10.8 Å². The van der Waals surface area contributed by atoms with Gasteiger partial charge in [0.2, 0.25) is 0 Å². The van der Waals surface area contributed by atoms with Crippen molar-refractivity contribution in [1.29, 1.82) is 0 Å². The molecule has 2 aromatic carbocycles. The van der Waals surface area contributed by atoms with Crippen molar-refractivity contribution in [2.24, 2.45) is 5.41 Å². The lowest BCUT2D eigenvalue weighted by Gasteiger charge is -2.31. The average Bonchev–Trinajstić information content (AvgIpc) is 3.69. The summed E-state index contributed by atoms with van der Waals surface area (Å²) in [5.74, 6) is 0.899. The van der Waals surface area contributed by atoms with E-state index in [2.05, 4.69) is 39.3 Å². The highest BCUT2D eigenvalue weighted by atomic mass is 127. The topological polar surface area (TPSA) is 91.3 Å². The van der Waals surface area contributed by atoms with Gasteiger partial charge in [0.1, 0.15) is 11.6 Å². The second kappa shape index (κ2) is 12.0. The van der Waals surface area contributed by atoms with Crippen LogP contribution in [-0.4, -0.2) is 82.8 Å². The van der Waals surface area contributed by atoms with E-state index in [1.165, 1.54) is 12.8 Å². The standard InChI is InChI=1S/C33H40IN5O4/c1-22-6-3-2-4-11-39(22)30-26-18-38(31(41)25-17-24(40)16-23-7-5-8-27(34)29(23)25)19-28(26)35-32(36-30)43-21-33(9-10-33)20-37-12-14-42-15-13-37/h5,7-8,16-17,22,40H,2-4,6,9-15,18-21H2,1H3/t22-/m1/s1. The van der Waals surface area contributed by atoms with Crippen LogP contribution >= 0.6 is 22.6 Å². The Labute approximate surface area is 266 Å². The van der Waals surface area contributed by atoms with Gasteiger partial charge in [0, 0.05) is 52.2 Å². The summed E-state index contributed by atoms with van der Waals surface area (Å²) in [6.07, 6.45) is 6.99. The van der Waals surface area contributed by atoms with Crippen molar-refractivity contribution in [2.45, 2.75) is 64.6 Å². The Hall–Kier alpha value is -2.70. The zero-order valence-corrected chi connectivity index (χ0v) is 27.0. The average molecular weight is 698 g/mol. The second-order valence-corrected chi connectivity index (χ2v) is 14.0. The highest BCUT2D eigenvalue weighted by Gasteiger charge is 2.45. The molecule has 3 aliphatic heterocycles. The summed E-state index contributed by atoms with van der Waals surface area (Å²) in [6.45, 7) is 9.23. The number of fused-ring (bicyclic) bond motifs is 2. The molecule has 4 heterocycles. The van der Waals surface area contributed by atoms with Crippen molar-refractivity contribution < 1.29 is 19.4 Å². The molecule has 1 N–H and O–H groups in total. The summed E-state index contributed by atoms with van der Waals surface area (Å²) >= 11 is 2.27. The van der Waals surface area contributed by atoms with E-state index >= 15 is 0 Å².